The predicted octanol–water partition coefficient (Wildman–Crippen LogP) is 4.02. The van der Waals surface area contributed by atoms with Gasteiger partial charge in [-0.05, 0) is 42.3 Å². The van der Waals surface area contributed by atoms with Crippen molar-refractivity contribution in [2.24, 2.45) is 0 Å². The number of amides is 2. The van der Waals surface area contributed by atoms with Gasteiger partial charge in [0, 0.05) is 11.2 Å². The molecule has 2 amide bonds. The zero-order valence-corrected chi connectivity index (χ0v) is 12.3. The van der Waals surface area contributed by atoms with Crippen molar-refractivity contribution in [3.8, 4) is 0 Å². The Morgan fingerprint density at radius 3 is 2.71 bits per heavy atom. The number of hydrogen-bond donors (Lipinski definition) is 3. The van der Waals surface area contributed by atoms with Crippen LogP contribution in [0.3, 0.4) is 0 Å². The second-order valence-electron chi connectivity index (χ2n) is 4.54. The molecule has 0 heterocycles. The van der Waals surface area contributed by atoms with Gasteiger partial charge in [-0.2, -0.15) is 0 Å². The van der Waals surface area contributed by atoms with Crippen LogP contribution in [0.15, 0.2) is 48.7 Å². The Morgan fingerprint density at radius 2 is 2.00 bits per heavy atom. The van der Waals surface area contributed by atoms with Gasteiger partial charge in [-0.1, -0.05) is 35.9 Å². The lowest BCUT2D eigenvalue weighted by Gasteiger charge is -2.08. The second kappa shape index (κ2) is 6.81. The first-order valence-corrected chi connectivity index (χ1v) is 6.79. The largest absolute Gasteiger partial charge is 0.397 e. The van der Waals surface area contributed by atoms with Crippen LogP contribution in [0.5, 0.6) is 0 Å². The van der Waals surface area contributed by atoms with E-state index >= 15 is 0 Å². The molecule has 4 nitrogen and oxygen atoms in total. The van der Waals surface area contributed by atoms with Crippen molar-refractivity contribution < 1.29 is 4.79 Å². The summed E-state index contributed by atoms with van der Waals surface area (Å²) in [5.74, 6) is 0. The highest BCUT2D eigenvalue weighted by molar-refractivity contribution is 6.32. The molecule has 108 valence electrons. The molecule has 0 aromatic heterocycles. The third kappa shape index (κ3) is 4.26. The minimum Gasteiger partial charge on any atom is -0.397 e. The van der Waals surface area contributed by atoms with E-state index in [-0.39, 0.29) is 6.03 Å². The zero-order chi connectivity index (χ0) is 15.2. The number of benzene rings is 2. The van der Waals surface area contributed by atoms with Crippen molar-refractivity contribution in [2.45, 2.75) is 6.92 Å². The van der Waals surface area contributed by atoms with Gasteiger partial charge in [0.25, 0.3) is 0 Å². The summed E-state index contributed by atoms with van der Waals surface area (Å²) in [7, 11) is 0. The Hall–Kier alpha value is -2.46. The van der Waals surface area contributed by atoms with Crippen molar-refractivity contribution in [1.29, 1.82) is 0 Å². The highest BCUT2D eigenvalue weighted by Gasteiger charge is 2.03. The van der Waals surface area contributed by atoms with Crippen LogP contribution >= 0.6 is 11.6 Å². The lowest BCUT2D eigenvalue weighted by Crippen LogP contribution is -2.24. The molecule has 0 aliphatic heterocycles. The van der Waals surface area contributed by atoms with Gasteiger partial charge in [0.05, 0.1) is 11.4 Å². The maximum Gasteiger partial charge on any atom is 0.323 e. The number of nitrogens with one attached hydrogen (secondary N) is 2. The fourth-order valence-electron chi connectivity index (χ4n) is 1.77. The van der Waals surface area contributed by atoms with Gasteiger partial charge >= 0.3 is 6.03 Å². The van der Waals surface area contributed by atoms with Crippen molar-refractivity contribution >= 4 is 35.1 Å². The van der Waals surface area contributed by atoms with Crippen molar-refractivity contribution in [3.05, 3.63) is 64.8 Å². The third-order valence-electron chi connectivity index (χ3n) is 2.84. The summed E-state index contributed by atoms with van der Waals surface area (Å²) in [4.78, 5) is 11.8. The molecule has 0 unspecified atom stereocenters. The predicted molar refractivity (Wildman–Crippen MR) is 88.2 cm³/mol. The average Bonchev–Trinajstić information content (AvgIpc) is 2.44. The van der Waals surface area contributed by atoms with E-state index in [1.807, 2.05) is 31.2 Å². The third-order valence-corrected chi connectivity index (χ3v) is 3.18. The zero-order valence-electron chi connectivity index (χ0n) is 11.6. The number of carbonyl (C=O) groups excluding carboxylic acids is 1. The first kappa shape index (κ1) is 14.9. The van der Waals surface area contributed by atoms with E-state index in [1.54, 1.807) is 24.3 Å². The molecule has 21 heavy (non-hydrogen) atoms. The van der Waals surface area contributed by atoms with Crippen molar-refractivity contribution in [2.75, 3.05) is 11.1 Å². The molecule has 0 fully saturated rings. The molecule has 2 aromatic rings. The number of halogens is 1. The standard InChI is InChI=1S/C16H16ClN3O/c1-11-6-7-15(14(18)10-11)20-16(21)19-9-8-12-4-2-3-5-13(12)17/h2-10H,18H2,1H3,(H2,19,20,21)/b9-8+. The van der Waals surface area contributed by atoms with Crippen LogP contribution in [-0.2, 0) is 0 Å². The molecule has 0 saturated carbocycles. The quantitative estimate of drug-likeness (QED) is 0.749. The van der Waals surface area contributed by atoms with Gasteiger partial charge in [-0.15, -0.1) is 0 Å². The minimum atomic E-state index is -0.367. The molecule has 0 aliphatic rings. The van der Waals surface area contributed by atoms with E-state index in [0.29, 0.717) is 16.4 Å². The maximum absolute atomic E-state index is 11.8. The summed E-state index contributed by atoms with van der Waals surface area (Å²) in [5.41, 5.74) is 8.80. The lowest BCUT2D eigenvalue weighted by atomic mass is 10.2. The normalized spacial score (nSPS) is 10.6. The summed E-state index contributed by atoms with van der Waals surface area (Å²) < 4.78 is 0. The van der Waals surface area contributed by atoms with E-state index in [0.717, 1.165) is 11.1 Å². The van der Waals surface area contributed by atoms with E-state index in [4.69, 9.17) is 17.3 Å². The van der Waals surface area contributed by atoms with Gasteiger partial charge in [0.15, 0.2) is 0 Å². The van der Waals surface area contributed by atoms with Gasteiger partial charge in [0.2, 0.25) is 0 Å². The number of nitrogens with two attached hydrogens (primary N) is 1. The van der Waals surface area contributed by atoms with Gasteiger partial charge in [0.1, 0.15) is 0 Å². The summed E-state index contributed by atoms with van der Waals surface area (Å²) in [6, 6.07) is 12.4. The van der Waals surface area contributed by atoms with Gasteiger partial charge in [-0.25, -0.2) is 4.79 Å². The number of carbonyl (C=O) groups is 1. The number of nitrogen functional groups attached to an aromatic ring is 1. The summed E-state index contributed by atoms with van der Waals surface area (Å²) in [5, 5.41) is 5.91. The number of hydrogen-bond acceptors (Lipinski definition) is 2. The van der Waals surface area contributed by atoms with Crippen LogP contribution in [0.2, 0.25) is 5.02 Å². The molecule has 0 spiro atoms. The first-order valence-electron chi connectivity index (χ1n) is 6.41. The van der Waals surface area contributed by atoms with E-state index in [2.05, 4.69) is 10.6 Å². The molecule has 4 N–H and O–H groups in total. The molecule has 0 aliphatic carbocycles. The molecule has 2 rings (SSSR count). The van der Waals surface area contributed by atoms with E-state index < -0.39 is 0 Å². The molecule has 0 radical (unpaired) electrons. The Labute approximate surface area is 128 Å². The molecule has 0 saturated heterocycles. The second-order valence-corrected chi connectivity index (χ2v) is 4.95. The molecular weight excluding hydrogens is 286 g/mol. The van der Waals surface area contributed by atoms with Gasteiger partial charge in [-0.3, -0.25) is 0 Å². The Bertz CT molecular complexity index is 683. The van der Waals surface area contributed by atoms with Crippen molar-refractivity contribution in [1.82, 2.24) is 5.32 Å². The molecule has 0 bridgehead atoms. The minimum absolute atomic E-state index is 0.367. The summed E-state index contributed by atoms with van der Waals surface area (Å²) in [6.45, 7) is 1.94. The monoisotopic (exact) mass is 301 g/mol. The number of rotatable bonds is 3. The lowest BCUT2D eigenvalue weighted by molar-refractivity contribution is 0.255. The smallest absolute Gasteiger partial charge is 0.323 e. The van der Waals surface area contributed by atoms with Gasteiger partial charge < -0.3 is 16.4 Å². The number of urea groups is 1. The van der Waals surface area contributed by atoms with Crippen LogP contribution in [-0.4, -0.2) is 6.03 Å². The molecular formula is C16H16ClN3O. The fraction of sp³-hybridized carbons (Fsp3) is 0.0625. The first-order chi connectivity index (χ1) is 10.1. The number of anilines is 2. The molecule has 2 aromatic carbocycles. The van der Waals surface area contributed by atoms with E-state index in [1.165, 1.54) is 6.20 Å². The topological polar surface area (TPSA) is 67.2 Å². The number of aryl methyl sites for hydroxylation is 1. The van der Waals surface area contributed by atoms with Crippen LogP contribution in [0.4, 0.5) is 16.2 Å². The highest BCUT2D eigenvalue weighted by Crippen LogP contribution is 2.19. The van der Waals surface area contributed by atoms with E-state index in [9.17, 15) is 4.79 Å². The Balaban J connectivity index is 1.95. The van der Waals surface area contributed by atoms with Crippen molar-refractivity contribution in [3.63, 3.8) is 0 Å². The maximum atomic E-state index is 11.8. The SMILES string of the molecule is Cc1ccc(NC(=O)N/C=C/c2ccccc2Cl)c(N)c1. The van der Waals surface area contributed by atoms with Crippen LogP contribution < -0.4 is 16.4 Å². The average molecular weight is 302 g/mol. The van der Waals surface area contributed by atoms with Crippen LogP contribution in [0, 0.1) is 6.92 Å². The molecule has 0 atom stereocenters. The summed E-state index contributed by atoms with van der Waals surface area (Å²) in [6.07, 6.45) is 3.25. The van der Waals surface area contributed by atoms with Crippen LogP contribution in [0.25, 0.3) is 6.08 Å². The Kier molecular flexibility index (Phi) is 4.85. The Morgan fingerprint density at radius 1 is 1.24 bits per heavy atom. The van der Waals surface area contributed by atoms with Crippen LogP contribution in [0.1, 0.15) is 11.1 Å². The highest BCUT2D eigenvalue weighted by atomic mass is 35.5. The molecule has 5 heteroatoms. The summed E-state index contributed by atoms with van der Waals surface area (Å²) >= 11 is 6.01. The fourth-order valence-corrected chi connectivity index (χ4v) is 1.97.